The van der Waals surface area contributed by atoms with E-state index in [-0.39, 0.29) is 37.3 Å². The lowest BCUT2D eigenvalue weighted by Gasteiger charge is -2.22. The fourth-order valence-corrected chi connectivity index (χ4v) is 4.41. The highest BCUT2D eigenvalue weighted by molar-refractivity contribution is 8.04. The molecular weight excluding hydrogens is 346 g/mol. The van der Waals surface area contributed by atoms with E-state index in [9.17, 15) is 19.2 Å². The second kappa shape index (κ2) is 7.07. The van der Waals surface area contributed by atoms with Gasteiger partial charge in [0, 0.05) is 13.1 Å². The molecule has 1 N–H and O–H groups in total. The van der Waals surface area contributed by atoms with Gasteiger partial charge in [-0.25, -0.2) is 9.59 Å². The molecule has 1 spiro atoms. The van der Waals surface area contributed by atoms with Gasteiger partial charge >= 0.3 is 12.0 Å². The van der Waals surface area contributed by atoms with Crippen LogP contribution in [0.1, 0.15) is 32.6 Å². The number of nitrogens with one attached hydrogen (secondary N) is 1. The predicted molar refractivity (Wildman–Crippen MR) is 90.3 cm³/mol. The minimum Gasteiger partial charge on any atom is -0.463 e. The first-order valence-corrected chi connectivity index (χ1v) is 9.41. The Hall–Kier alpha value is -2.03. The molecule has 0 radical (unpaired) electrons. The fraction of sp³-hybridized carbons (Fsp3) is 0.625. The van der Waals surface area contributed by atoms with Crippen molar-refractivity contribution in [2.45, 2.75) is 38.1 Å². The van der Waals surface area contributed by atoms with E-state index >= 15 is 0 Å². The van der Waals surface area contributed by atoms with Crippen LogP contribution in [-0.2, 0) is 19.1 Å². The van der Waals surface area contributed by atoms with Gasteiger partial charge in [-0.2, -0.15) is 0 Å². The van der Waals surface area contributed by atoms with Crippen molar-refractivity contribution < 1.29 is 23.9 Å². The number of carbonyl (C=O) groups excluding carboxylic acids is 4. The summed E-state index contributed by atoms with van der Waals surface area (Å²) >= 11 is 1.25. The van der Waals surface area contributed by atoms with Gasteiger partial charge in [0.05, 0.1) is 23.5 Å². The minimum absolute atomic E-state index is 0.110. The van der Waals surface area contributed by atoms with Crippen LogP contribution in [0.4, 0.5) is 4.79 Å². The Balaban J connectivity index is 1.65. The molecule has 1 saturated carbocycles. The lowest BCUT2D eigenvalue weighted by Crippen LogP contribution is -2.44. The summed E-state index contributed by atoms with van der Waals surface area (Å²) in [5.41, 5.74) is -0.746. The third kappa shape index (κ3) is 3.37. The second-order valence-corrected chi connectivity index (χ2v) is 7.24. The summed E-state index contributed by atoms with van der Waals surface area (Å²) < 4.78 is 4.87. The number of hydrogen-bond acceptors (Lipinski definition) is 6. The first kappa shape index (κ1) is 17.8. The van der Waals surface area contributed by atoms with Crippen LogP contribution in [0.15, 0.2) is 11.1 Å². The lowest BCUT2D eigenvalue weighted by molar-refractivity contribution is -0.137. The summed E-state index contributed by atoms with van der Waals surface area (Å²) in [6.07, 6.45) is 4.46. The molecule has 2 heterocycles. The molecule has 136 valence electrons. The molecule has 0 unspecified atom stereocenters. The SMILES string of the molecule is CCOC(=O)/C=C1\SCC(=O)N1CCN1C(=O)NC2(CCCC2)C1=O. The van der Waals surface area contributed by atoms with Crippen molar-refractivity contribution in [2.75, 3.05) is 25.4 Å². The van der Waals surface area contributed by atoms with E-state index in [1.54, 1.807) is 6.92 Å². The first-order valence-electron chi connectivity index (χ1n) is 8.42. The number of hydrogen-bond donors (Lipinski definition) is 1. The van der Waals surface area contributed by atoms with Crippen LogP contribution in [0, 0.1) is 0 Å². The Morgan fingerprint density at radius 3 is 2.60 bits per heavy atom. The predicted octanol–water partition coefficient (Wildman–Crippen LogP) is 0.831. The second-order valence-electron chi connectivity index (χ2n) is 6.24. The maximum absolute atomic E-state index is 12.6. The van der Waals surface area contributed by atoms with Gasteiger partial charge in [-0.1, -0.05) is 24.6 Å². The Morgan fingerprint density at radius 1 is 1.24 bits per heavy atom. The fourth-order valence-electron chi connectivity index (χ4n) is 3.45. The number of carbonyl (C=O) groups is 4. The van der Waals surface area contributed by atoms with Gasteiger partial charge in [-0.15, -0.1) is 0 Å². The summed E-state index contributed by atoms with van der Waals surface area (Å²) in [4.78, 5) is 51.1. The number of rotatable bonds is 5. The third-order valence-corrected chi connectivity index (χ3v) is 5.71. The van der Waals surface area contributed by atoms with Gasteiger partial charge in [0.1, 0.15) is 5.54 Å². The molecule has 0 aromatic heterocycles. The van der Waals surface area contributed by atoms with E-state index in [4.69, 9.17) is 4.74 Å². The monoisotopic (exact) mass is 367 g/mol. The summed E-state index contributed by atoms with van der Waals surface area (Å²) in [5, 5.41) is 3.31. The van der Waals surface area contributed by atoms with E-state index in [0.717, 1.165) is 12.8 Å². The largest absolute Gasteiger partial charge is 0.463 e. The Morgan fingerprint density at radius 2 is 1.92 bits per heavy atom. The molecule has 0 aromatic rings. The van der Waals surface area contributed by atoms with Gasteiger partial charge in [-0.3, -0.25) is 14.5 Å². The summed E-state index contributed by atoms with van der Waals surface area (Å²) in [7, 11) is 0. The highest BCUT2D eigenvalue weighted by atomic mass is 32.2. The van der Waals surface area contributed by atoms with Crippen molar-refractivity contribution >= 4 is 35.6 Å². The molecule has 3 fully saturated rings. The van der Waals surface area contributed by atoms with E-state index in [1.807, 2.05) is 0 Å². The number of esters is 1. The molecule has 0 aromatic carbocycles. The first-order chi connectivity index (χ1) is 12.0. The van der Waals surface area contributed by atoms with Crippen LogP contribution in [0.5, 0.6) is 0 Å². The van der Waals surface area contributed by atoms with Gasteiger partial charge in [0.25, 0.3) is 5.91 Å². The third-order valence-electron chi connectivity index (χ3n) is 4.69. The van der Waals surface area contributed by atoms with Gasteiger partial charge in [0.2, 0.25) is 5.91 Å². The highest BCUT2D eigenvalue weighted by Crippen LogP contribution is 2.35. The Kier molecular flexibility index (Phi) is 5.03. The molecule has 25 heavy (non-hydrogen) atoms. The summed E-state index contributed by atoms with van der Waals surface area (Å²) in [6.45, 7) is 2.24. The van der Waals surface area contributed by atoms with Crippen molar-refractivity contribution in [2.24, 2.45) is 0 Å². The summed E-state index contributed by atoms with van der Waals surface area (Å²) in [5.74, 6) is -0.631. The normalized spacial score (nSPS) is 23.9. The number of ether oxygens (including phenoxy) is 1. The van der Waals surface area contributed by atoms with Crippen LogP contribution in [-0.4, -0.2) is 64.6 Å². The zero-order chi connectivity index (χ0) is 18.0. The maximum atomic E-state index is 12.6. The molecule has 0 bridgehead atoms. The zero-order valence-electron chi connectivity index (χ0n) is 14.1. The van der Waals surface area contributed by atoms with Crippen LogP contribution in [0.25, 0.3) is 0 Å². The molecule has 1 aliphatic carbocycles. The molecule has 8 nitrogen and oxygen atoms in total. The number of thioether (sulfide) groups is 1. The molecule has 0 atom stereocenters. The Bertz CT molecular complexity index is 642. The van der Waals surface area contributed by atoms with Crippen LogP contribution in [0.3, 0.4) is 0 Å². The number of imide groups is 1. The van der Waals surface area contributed by atoms with Gasteiger partial charge in [-0.05, 0) is 19.8 Å². The zero-order valence-corrected chi connectivity index (χ0v) is 14.9. The van der Waals surface area contributed by atoms with Crippen LogP contribution >= 0.6 is 11.8 Å². The number of urea groups is 1. The maximum Gasteiger partial charge on any atom is 0.333 e. The lowest BCUT2D eigenvalue weighted by atomic mass is 9.98. The van der Waals surface area contributed by atoms with Gasteiger partial charge < -0.3 is 15.0 Å². The summed E-state index contributed by atoms with van der Waals surface area (Å²) in [6, 6.07) is -0.401. The van der Waals surface area contributed by atoms with E-state index < -0.39 is 17.5 Å². The van der Waals surface area contributed by atoms with E-state index in [1.165, 1.54) is 27.6 Å². The van der Waals surface area contributed by atoms with Crippen molar-refractivity contribution in [3.05, 3.63) is 11.1 Å². The smallest absolute Gasteiger partial charge is 0.333 e. The van der Waals surface area contributed by atoms with Crippen molar-refractivity contribution in [1.29, 1.82) is 0 Å². The minimum atomic E-state index is -0.746. The quantitative estimate of drug-likeness (QED) is 0.439. The van der Waals surface area contributed by atoms with Crippen molar-refractivity contribution in [3.63, 3.8) is 0 Å². The molecule has 4 amide bonds. The molecule has 9 heteroatoms. The molecular formula is C16H21N3O5S. The van der Waals surface area contributed by atoms with Crippen LogP contribution in [0.2, 0.25) is 0 Å². The Labute approximate surface area is 149 Å². The number of nitrogens with zero attached hydrogens (tertiary/aromatic N) is 2. The van der Waals surface area contributed by atoms with Crippen molar-refractivity contribution in [1.82, 2.24) is 15.1 Å². The molecule has 2 aliphatic heterocycles. The van der Waals surface area contributed by atoms with Crippen molar-refractivity contribution in [3.8, 4) is 0 Å². The molecule has 3 aliphatic rings. The average Bonchev–Trinajstić information content (AvgIpc) is 3.22. The average molecular weight is 367 g/mol. The molecule has 3 rings (SSSR count). The highest BCUT2D eigenvalue weighted by Gasteiger charge is 2.52. The number of amides is 4. The van der Waals surface area contributed by atoms with Gasteiger partial charge in [0.15, 0.2) is 0 Å². The van der Waals surface area contributed by atoms with E-state index in [2.05, 4.69) is 5.32 Å². The molecule has 2 saturated heterocycles. The van der Waals surface area contributed by atoms with E-state index in [0.29, 0.717) is 17.9 Å². The topological polar surface area (TPSA) is 96.0 Å². The standard InChI is InChI=1S/C16H21N3O5S/c1-2-24-13(21)9-12-18(11(20)10-25-12)7-8-19-14(22)16(17-15(19)23)5-3-4-6-16/h9H,2-8,10H2,1H3,(H,17,23)/b12-9-. The van der Waals surface area contributed by atoms with Crippen LogP contribution < -0.4 is 5.32 Å².